The minimum absolute atomic E-state index is 0.212. The number of benzene rings is 3. The average Bonchev–Trinajstić information content (AvgIpc) is 2.90. The Labute approximate surface area is 200 Å². The standard InChI is InChI=1S/C31H26N2O/c1-31(2,24-11-4-3-5-12-24)25-20-22(27-14-8-9-18-32-27)19-23(21-25)28-15-10-16-29(33-28)26-13-6-7-17-30(26)34/h3-21,34H,1-2H3. The molecule has 166 valence electrons. The summed E-state index contributed by atoms with van der Waals surface area (Å²) in [6.45, 7) is 4.49. The van der Waals surface area contributed by atoms with E-state index in [2.05, 4.69) is 61.3 Å². The fourth-order valence-electron chi connectivity index (χ4n) is 4.27. The lowest BCUT2D eigenvalue weighted by molar-refractivity contribution is 0.477. The van der Waals surface area contributed by atoms with E-state index in [0.29, 0.717) is 0 Å². The molecule has 2 heterocycles. The summed E-state index contributed by atoms with van der Waals surface area (Å²) >= 11 is 0. The van der Waals surface area contributed by atoms with E-state index in [9.17, 15) is 5.11 Å². The first-order valence-corrected chi connectivity index (χ1v) is 11.4. The van der Waals surface area contributed by atoms with Crippen molar-refractivity contribution >= 4 is 0 Å². The molecular weight excluding hydrogens is 416 g/mol. The number of phenolic OH excluding ortho intramolecular Hbond substituents is 1. The number of aromatic nitrogens is 2. The Bertz CT molecular complexity index is 1430. The van der Waals surface area contributed by atoms with E-state index < -0.39 is 0 Å². The highest BCUT2D eigenvalue weighted by Gasteiger charge is 2.24. The van der Waals surface area contributed by atoms with Crippen LogP contribution in [0.5, 0.6) is 5.75 Å². The van der Waals surface area contributed by atoms with Crippen molar-refractivity contribution in [3.8, 4) is 39.5 Å². The summed E-state index contributed by atoms with van der Waals surface area (Å²) in [5.74, 6) is 0.222. The number of aromatic hydroxyl groups is 1. The monoisotopic (exact) mass is 442 g/mol. The first kappa shape index (κ1) is 21.6. The highest BCUT2D eigenvalue weighted by Crippen LogP contribution is 2.37. The van der Waals surface area contributed by atoms with Gasteiger partial charge in [0.15, 0.2) is 0 Å². The maximum absolute atomic E-state index is 10.3. The van der Waals surface area contributed by atoms with Crippen LogP contribution in [0.2, 0.25) is 0 Å². The van der Waals surface area contributed by atoms with Crippen LogP contribution in [0, 0.1) is 0 Å². The van der Waals surface area contributed by atoms with E-state index >= 15 is 0 Å². The van der Waals surface area contributed by atoms with Gasteiger partial charge in [0, 0.05) is 28.3 Å². The summed E-state index contributed by atoms with van der Waals surface area (Å²) in [6, 6.07) is 36.3. The van der Waals surface area contributed by atoms with Gasteiger partial charge in [0.2, 0.25) is 0 Å². The molecule has 0 saturated carbocycles. The fraction of sp³-hybridized carbons (Fsp3) is 0.0968. The maximum Gasteiger partial charge on any atom is 0.124 e. The smallest absolute Gasteiger partial charge is 0.124 e. The average molecular weight is 443 g/mol. The van der Waals surface area contributed by atoms with Gasteiger partial charge in [-0.25, -0.2) is 4.98 Å². The van der Waals surface area contributed by atoms with Crippen LogP contribution in [0.4, 0.5) is 0 Å². The highest BCUT2D eigenvalue weighted by atomic mass is 16.3. The van der Waals surface area contributed by atoms with Crippen LogP contribution in [0.1, 0.15) is 25.0 Å². The molecule has 3 aromatic carbocycles. The van der Waals surface area contributed by atoms with Gasteiger partial charge in [-0.05, 0) is 65.7 Å². The first-order chi connectivity index (χ1) is 16.5. The molecule has 0 fully saturated rings. The summed E-state index contributed by atoms with van der Waals surface area (Å²) < 4.78 is 0. The molecule has 0 atom stereocenters. The van der Waals surface area contributed by atoms with Crippen LogP contribution in [0.25, 0.3) is 33.8 Å². The Kier molecular flexibility index (Phi) is 5.69. The van der Waals surface area contributed by atoms with Gasteiger partial charge in [-0.1, -0.05) is 68.4 Å². The second-order valence-corrected chi connectivity index (χ2v) is 8.93. The van der Waals surface area contributed by atoms with Gasteiger partial charge in [0.05, 0.1) is 17.1 Å². The molecule has 0 radical (unpaired) electrons. The number of para-hydroxylation sites is 1. The van der Waals surface area contributed by atoms with Gasteiger partial charge in [0.1, 0.15) is 5.75 Å². The molecule has 5 aromatic rings. The van der Waals surface area contributed by atoms with Gasteiger partial charge in [0.25, 0.3) is 0 Å². The fourth-order valence-corrected chi connectivity index (χ4v) is 4.27. The van der Waals surface area contributed by atoms with E-state index in [1.54, 1.807) is 6.07 Å². The predicted molar refractivity (Wildman–Crippen MR) is 139 cm³/mol. The number of nitrogens with zero attached hydrogens (tertiary/aromatic N) is 2. The zero-order valence-corrected chi connectivity index (χ0v) is 19.3. The van der Waals surface area contributed by atoms with Crippen LogP contribution >= 0.6 is 0 Å². The topological polar surface area (TPSA) is 46.0 Å². The maximum atomic E-state index is 10.3. The van der Waals surface area contributed by atoms with E-state index in [1.807, 2.05) is 66.9 Å². The third-order valence-corrected chi connectivity index (χ3v) is 6.34. The lowest BCUT2D eigenvalue weighted by Gasteiger charge is -2.27. The molecule has 0 aliphatic heterocycles. The summed E-state index contributed by atoms with van der Waals surface area (Å²) in [5, 5.41) is 10.3. The summed E-state index contributed by atoms with van der Waals surface area (Å²) in [4.78, 5) is 9.53. The second-order valence-electron chi connectivity index (χ2n) is 8.93. The van der Waals surface area contributed by atoms with Crippen molar-refractivity contribution < 1.29 is 5.11 Å². The minimum Gasteiger partial charge on any atom is -0.507 e. The zero-order chi connectivity index (χ0) is 23.5. The van der Waals surface area contributed by atoms with Crippen molar-refractivity contribution in [2.24, 2.45) is 0 Å². The van der Waals surface area contributed by atoms with Crippen molar-refractivity contribution in [2.75, 3.05) is 0 Å². The molecule has 0 unspecified atom stereocenters. The van der Waals surface area contributed by atoms with Gasteiger partial charge >= 0.3 is 0 Å². The van der Waals surface area contributed by atoms with Crippen LogP contribution in [0.3, 0.4) is 0 Å². The lowest BCUT2D eigenvalue weighted by atomic mass is 9.77. The summed E-state index contributed by atoms with van der Waals surface area (Å²) in [5.41, 5.74) is 7.51. The second kappa shape index (κ2) is 8.95. The lowest BCUT2D eigenvalue weighted by Crippen LogP contribution is -2.19. The Morgan fingerprint density at radius 3 is 1.97 bits per heavy atom. The largest absolute Gasteiger partial charge is 0.507 e. The molecule has 0 amide bonds. The van der Waals surface area contributed by atoms with E-state index in [-0.39, 0.29) is 11.2 Å². The third-order valence-electron chi connectivity index (χ3n) is 6.34. The highest BCUT2D eigenvalue weighted by molar-refractivity contribution is 5.74. The van der Waals surface area contributed by atoms with Crippen molar-refractivity contribution in [1.82, 2.24) is 9.97 Å². The summed E-state index contributed by atoms with van der Waals surface area (Å²) in [7, 11) is 0. The van der Waals surface area contributed by atoms with Crippen LogP contribution < -0.4 is 0 Å². The third kappa shape index (κ3) is 4.20. The molecule has 0 bridgehead atoms. The molecule has 34 heavy (non-hydrogen) atoms. The number of rotatable bonds is 5. The van der Waals surface area contributed by atoms with Gasteiger partial charge in [-0.15, -0.1) is 0 Å². The molecule has 0 spiro atoms. The SMILES string of the molecule is CC(C)(c1ccccc1)c1cc(-c2ccccn2)cc(-c2cccc(-c3ccccc3O)n2)c1. The summed E-state index contributed by atoms with van der Waals surface area (Å²) in [6.07, 6.45) is 1.82. The Hall–Kier alpha value is -4.24. The molecule has 1 N–H and O–H groups in total. The van der Waals surface area contributed by atoms with E-state index in [0.717, 1.165) is 33.8 Å². The zero-order valence-electron chi connectivity index (χ0n) is 19.3. The van der Waals surface area contributed by atoms with Crippen LogP contribution in [-0.4, -0.2) is 15.1 Å². The predicted octanol–water partition coefficient (Wildman–Crippen LogP) is 7.51. The van der Waals surface area contributed by atoms with E-state index in [1.165, 1.54) is 11.1 Å². The van der Waals surface area contributed by atoms with Crippen molar-refractivity contribution in [2.45, 2.75) is 19.3 Å². The number of hydrogen-bond acceptors (Lipinski definition) is 3. The van der Waals surface area contributed by atoms with Crippen molar-refractivity contribution in [3.05, 3.63) is 127 Å². The van der Waals surface area contributed by atoms with Crippen molar-refractivity contribution in [3.63, 3.8) is 0 Å². The molecule has 0 aliphatic rings. The molecule has 0 aliphatic carbocycles. The first-order valence-electron chi connectivity index (χ1n) is 11.4. The van der Waals surface area contributed by atoms with Gasteiger partial charge in [-0.3, -0.25) is 4.98 Å². The van der Waals surface area contributed by atoms with Gasteiger partial charge < -0.3 is 5.11 Å². The molecular formula is C31H26N2O. The number of phenols is 1. The van der Waals surface area contributed by atoms with Crippen LogP contribution in [0.15, 0.2) is 115 Å². The Morgan fingerprint density at radius 2 is 1.24 bits per heavy atom. The molecule has 5 rings (SSSR count). The molecule has 3 heteroatoms. The normalized spacial score (nSPS) is 11.4. The molecule has 3 nitrogen and oxygen atoms in total. The Morgan fingerprint density at radius 1 is 0.588 bits per heavy atom. The van der Waals surface area contributed by atoms with Crippen LogP contribution in [-0.2, 0) is 5.41 Å². The number of hydrogen-bond donors (Lipinski definition) is 1. The van der Waals surface area contributed by atoms with Gasteiger partial charge in [-0.2, -0.15) is 0 Å². The molecule has 0 saturated heterocycles. The minimum atomic E-state index is -0.212. The Balaban J connectivity index is 1.68. The van der Waals surface area contributed by atoms with E-state index in [4.69, 9.17) is 4.98 Å². The quantitative estimate of drug-likeness (QED) is 0.306. The molecule has 2 aromatic heterocycles. The number of pyridine rings is 2. The van der Waals surface area contributed by atoms with Crippen molar-refractivity contribution in [1.29, 1.82) is 0 Å².